The van der Waals surface area contributed by atoms with E-state index in [1.807, 2.05) is 66.7 Å². The van der Waals surface area contributed by atoms with Gasteiger partial charge in [-0.1, -0.05) is 78.3 Å². The molecule has 200 valence electrons. The number of nitrogens with one attached hydrogen (secondary N) is 1. The number of imidazole rings is 1. The van der Waals surface area contributed by atoms with E-state index in [4.69, 9.17) is 21.1 Å². The number of carboxylic acid groups (broad SMARTS) is 1. The van der Waals surface area contributed by atoms with Crippen molar-refractivity contribution in [1.82, 2.24) is 9.55 Å². The molecule has 5 rings (SSSR count). The van der Waals surface area contributed by atoms with Gasteiger partial charge in [0.15, 0.2) is 0 Å². The Balaban J connectivity index is 1.36. The number of nitrogens with zero attached hydrogens (tertiary/aromatic N) is 2. The molecule has 4 aromatic rings. The number of carbonyl (C=O) groups is 2. The monoisotopic (exact) mass is 545 g/mol. The summed E-state index contributed by atoms with van der Waals surface area (Å²) in [6.07, 6.45) is 0.133. The summed E-state index contributed by atoms with van der Waals surface area (Å²) in [7, 11) is 3.25. The van der Waals surface area contributed by atoms with Crippen LogP contribution in [0.4, 0.5) is 10.6 Å². The first-order valence-corrected chi connectivity index (χ1v) is 12.9. The van der Waals surface area contributed by atoms with E-state index in [9.17, 15) is 14.7 Å². The van der Waals surface area contributed by atoms with Crippen LogP contribution in [0.2, 0.25) is 5.02 Å². The largest absolute Gasteiger partial charge is 0.481 e. The predicted octanol–water partition coefficient (Wildman–Crippen LogP) is 6.84. The fraction of sp³-hybridized carbons (Fsp3) is 0.233. The minimum Gasteiger partial charge on any atom is -0.481 e. The summed E-state index contributed by atoms with van der Waals surface area (Å²) in [4.78, 5) is 29.0. The van der Waals surface area contributed by atoms with Crippen LogP contribution in [0.1, 0.15) is 37.0 Å². The lowest BCUT2D eigenvalue weighted by Crippen LogP contribution is -2.19. The third kappa shape index (κ3) is 5.07. The van der Waals surface area contributed by atoms with Crippen LogP contribution in [0.5, 0.6) is 6.01 Å². The lowest BCUT2D eigenvalue weighted by molar-refractivity contribution is -0.140. The number of anilines is 1. The Morgan fingerprint density at radius 3 is 2.15 bits per heavy atom. The quantitative estimate of drug-likeness (QED) is 0.251. The van der Waals surface area contributed by atoms with Crippen molar-refractivity contribution in [2.45, 2.75) is 31.3 Å². The van der Waals surface area contributed by atoms with Gasteiger partial charge in [0, 0.05) is 23.2 Å². The van der Waals surface area contributed by atoms with Crippen molar-refractivity contribution in [3.63, 3.8) is 0 Å². The molecule has 1 amide bonds. The zero-order chi connectivity index (χ0) is 27.7. The predicted molar refractivity (Wildman–Crippen MR) is 149 cm³/mol. The van der Waals surface area contributed by atoms with Gasteiger partial charge in [0.05, 0.1) is 12.5 Å². The molecule has 3 aromatic carbocycles. The summed E-state index contributed by atoms with van der Waals surface area (Å²) in [5.41, 5.74) is 4.05. The van der Waals surface area contributed by atoms with Crippen LogP contribution in [0.25, 0.3) is 22.4 Å². The lowest BCUT2D eigenvalue weighted by Gasteiger charge is -2.16. The molecule has 1 fully saturated rings. The molecule has 8 nitrogen and oxygen atoms in total. The molecule has 1 saturated carbocycles. The molecule has 1 heterocycles. The average molecular weight is 546 g/mol. The Hall–Kier alpha value is -4.30. The molecule has 9 heteroatoms. The number of aromatic nitrogens is 2. The van der Waals surface area contributed by atoms with E-state index in [2.05, 4.69) is 10.3 Å². The standard InChI is InChI=1S/C30H28ClN3O5/c1-18(23-6-4-5-7-24(23)31)39-29(37)33-26-25(32-28(38-3)34(26)2)21-10-8-19(9-11-21)20-12-14-22(15-13-20)30(16-17-30)27(35)36/h4-15,18H,16-17H2,1-3H3,(H,33,37)(H,35,36). The van der Waals surface area contributed by atoms with Crippen LogP contribution >= 0.6 is 11.6 Å². The van der Waals surface area contributed by atoms with Gasteiger partial charge < -0.3 is 14.6 Å². The van der Waals surface area contributed by atoms with Crippen molar-refractivity contribution in [1.29, 1.82) is 0 Å². The SMILES string of the molecule is COc1nc(-c2ccc(-c3ccc(C4(C(=O)O)CC4)cc3)cc2)c(NC(=O)OC(C)c2ccccc2Cl)n1C. The average Bonchev–Trinajstić information content (AvgIpc) is 3.70. The van der Waals surface area contributed by atoms with E-state index >= 15 is 0 Å². The number of ether oxygens (including phenoxy) is 2. The molecule has 1 aliphatic rings. The van der Waals surface area contributed by atoms with Crippen LogP contribution in [0, 0.1) is 0 Å². The number of carboxylic acids is 1. The minimum absolute atomic E-state index is 0.326. The van der Waals surface area contributed by atoms with Gasteiger partial charge in [-0.2, -0.15) is 4.98 Å². The van der Waals surface area contributed by atoms with E-state index in [1.54, 1.807) is 24.6 Å². The molecule has 0 radical (unpaired) electrons. The number of hydrogen-bond acceptors (Lipinski definition) is 5. The zero-order valence-electron chi connectivity index (χ0n) is 21.8. The Labute approximate surface area is 231 Å². The first-order valence-electron chi connectivity index (χ1n) is 12.5. The van der Waals surface area contributed by atoms with Crippen molar-refractivity contribution >= 4 is 29.5 Å². The van der Waals surface area contributed by atoms with Gasteiger partial charge in [-0.25, -0.2) is 4.79 Å². The third-order valence-corrected chi connectivity index (χ3v) is 7.52. The number of amides is 1. The maximum Gasteiger partial charge on any atom is 0.413 e. The van der Waals surface area contributed by atoms with Gasteiger partial charge in [-0.3, -0.25) is 14.7 Å². The zero-order valence-corrected chi connectivity index (χ0v) is 22.5. The molecule has 1 atom stereocenters. The fourth-order valence-electron chi connectivity index (χ4n) is 4.71. The molecule has 1 unspecified atom stereocenters. The molecule has 0 saturated heterocycles. The first kappa shape index (κ1) is 26.3. The van der Waals surface area contributed by atoms with Crippen LogP contribution in [-0.2, 0) is 22.0 Å². The molecule has 1 aromatic heterocycles. The van der Waals surface area contributed by atoms with E-state index in [0.29, 0.717) is 40.9 Å². The number of aliphatic carboxylic acids is 1. The Morgan fingerprint density at radius 1 is 1.00 bits per heavy atom. The van der Waals surface area contributed by atoms with Crippen molar-refractivity contribution in [3.8, 4) is 28.4 Å². The highest BCUT2D eigenvalue weighted by Gasteiger charge is 2.51. The van der Waals surface area contributed by atoms with Crippen LogP contribution in [-0.4, -0.2) is 33.8 Å². The fourth-order valence-corrected chi connectivity index (χ4v) is 5.00. The summed E-state index contributed by atoms with van der Waals surface area (Å²) < 4.78 is 12.6. The minimum atomic E-state index is -0.767. The molecule has 0 bridgehead atoms. The topological polar surface area (TPSA) is 103 Å². The Morgan fingerprint density at radius 2 is 1.59 bits per heavy atom. The summed E-state index contributed by atoms with van der Waals surface area (Å²) in [6.45, 7) is 1.75. The highest BCUT2D eigenvalue weighted by atomic mass is 35.5. The highest BCUT2D eigenvalue weighted by Crippen LogP contribution is 2.48. The Kier molecular flexibility index (Phi) is 7.06. The second-order valence-corrected chi connectivity index (χ2v) is 10.00. The molecular formula is C30H28ClN3O5. The van der Waals surface area contributed by atoms with Gasteiger partial charge in [0.1, 0.15) is 17.6 Å². The van der Waals surface area contributed by atoms with Gasteiger partial charge in [0.2, 0.25) is 0 Å². The van der Waals surface area contributed by atoms with Gasteiger partial charge in [0.25, 0.3) is 6.01 Å². The van der Waals surface area contributed by atoms with Crippen molar-refractivity contribution in [2.75, 3.05) is 12.4 Å². The second kappa shape index (κ2) is 10.5. The Bertz CT molecular complexity index is 1530. The molecule has 1 aliphatic carbocycles. The molecule has 39 heavy (non-hydrogen) atoms. The van der Waals surface area contributed by atoms with E-state index in [0.717, 1.165) is 22.3 Å². The van der Waals surface area contributed by atoms with Gasteiger partial charge in [-0.15, -0.1) is 0 Å². The molecule has 2 N–H and O–H groups in total. The summed E-state index contributed by atoms with van der Waals surface area (Å²) >= 11 is 6.25. The summed E-state index contributed by atoms with van der Waals surface area (Å²) in [5, 5.41) is 12.9. The highest BCUT2D eigenvalue weighted by molar-refractivity contribution is 6.31. The summed E-state index contributed by atoms with van der Waals surface area (Å²) in [5.74, 6) is -0.347. The van der Waals surface area contributed by atoms with E-state index in [-0.39, 0.29) is 0 Å². The maximum absolute atomic E-state index is 12.8. The molecule has 0 spiro atoms. The van der Waals surface area contributed by atoms with Gasteiger partial charge >= 0.3 is 12.1 Å². The van der Waals surface area contributed by atoms with E-state index in [1.165, 1.54) is 7.11 Å². The molecule has 0 aliphatic heterocycles. The number of methoxy groups -OCH3 is 1. The number of halogens is 1. The van der Waals surface area contributed by atoms with Crippen LogP contribution < -0.4 is 10.1 Å². The number of rotatable bonds is 8. The van der Waals surface area contributed by atoms with Crippen LogP contribution in [0.15, 0.2) is 72.8 Å². The summed E-state index contributed by atoms with van der Waals surface area (Å²) in [6, 6.07) is 22.9. The van der Waals surface area contributed by atoms with Crippen molar-refractivity contribution in [2.24, 2.45) is 7.05 Å². The number of hydrogen-bond donors (Lipinski definition) is 2. The number of carbonyl (C=O) groups excluding carboxylic acids is 1. The molecular weight excluding hydrogens is 518 g/mol. The maximum atomic E-state index is 12.8. The van der Waals surface area contributed by atoms with Crippen LogP contribution in [0.3, 0.4) is 0 Å². The van der Waals surface area contributed by atoms with Crippen molar-refractivity contribution < 1.29 is 24.2 Å². The number of benzene rings is 3. The smallest absolute Gasteiger partial charge is 0.413 e. The van der Waals surface area contributed by atoms with E-state index < -0.39 is 23.6 Å². The lowest BCUT2D eigenvalue weighted by atomic mass is 9.93. The third-order valence-electron chi connectivity index (χ3n) is 7.17. The van der Waals surface area contributed by atoms with Crippen molar-refractivity contribution in [3.05, 3.63) is 88.9 Å². The first-order chi connectivity index (χ1) is 18.7. The van der Waals surface area contributed by atoms with Gasteiger partial charge in [-0.05, 0) is 42.5 Å². The second-order valence-electron chi connectivity index (χ2n) is 9.59. The normalized spacial score (nSPS) is 14.4.